The topological polar surface area (TPSA) is 63.6 Å². The SMILES string of the molecule is Cc1cc(C)c(S(=O)(=O)/N=C2\C=CC(=O)c3ccccc32)c(C)c1. The summed E-state index contributed by atoms with van der Waals surface area (Å²) in [5.74, 6) is -0.148. The minimum atomic E-state index is -3.87. The highest BCUT2D eigenvalue weighted by molar-refractivity contribution is 7.90. The zero-order valence-corrected chi connectivity index (χ0v) is 14.5. The van der Waals surface area contributed by atoms with Crippen LogP contribution in [0.15, 0.2) is 57.8 Å². The molecule has 0 atom stereocenters. The largest absolute Gasteiger partial charge is 0.289 e. The van der Waals surface area contributed by atoms with Gasteiger partial charge in [-0.2, -0.15) is 12.8 Å². The van der Waals surface area contributed by atoms with Crippen LogP contribution in [-0.4, -0.2) is 19.9 Å². The van der Waals surface area contributed by atoms with Crippen molar-refractivity contribution >= 4 is 21.5 Å². The van der Waals surface area contributed by atoms with Crippen LogP contribution in [0.2, 0.25) is 0 Å². The monoisotopic (exact) mass is 339 g/mol. The lowest BCUT2D eigenvalue weighted by atomic mass is 9.95. The van der Waals surface area contributed by atoms with Crippen molar-refractivity contribution in [3.63, 3.8) is 0 Å². The second kappa shape index (κ2) is 5.83. The van der Waals surface area contributed by atoms with Crippen LogP contribution in [-0.2, 0) is 10.0 Å². The number of hydrogen-bond acceptors (Lipinski definition) is 3. The van der Waals surface area contributed by atoms with Gasteiger partial charge in [-0.1, -0.05) is 42.0 Å². The van der Waals surface area contributed by atoms with Crippen molar-refractivity contribution in [1.29, 1.82) is 0 Å². The molecule has 5 heteroatoms. The van der Waals surface area contributed by atoms with Crippen LogP contribution < -0.4 is 0 Å². The lowest BCUT2D eigenvalue weighted by Gasteiger charge is -2.13. The summed E-state index contributed by atoms with van der Waals surface area (Å²) in [6.07, 6.45) is 2.81. The number of fused-ring (bicyclic) bond motifs is 1. The first-order valence-electron chi connectivity index (χ1n) is 7.54. The minimum Gasteiger partial charge on any atom is -0.289 e. The molecule has 0 fully saturated rings. The molecule has 0 aromatic heterocycles. The van der Waals surface area contributed by atoms with Crippen molar-refractivity contribution in [3.05, 3.63) is 76.4 Å². The summed E-state index contributed by atoms with van der Waals surface area (Å²) < 4.78 is 29.7. The molecule has 0 N–H and O–H groups in total. The summed E-state index contributed by atoms with van der Waals surface area (Å²) in [6, 6.07) is 10.5. The number of carbonyl (C=O) groups is 1. The Morgan fingerprint density at radius 3 is 2.08 bits per heavy atom. The number of nitrogens with zero attached hydrogens (tertiary/aromatic N) is 1. The predicted octanol–water partition coefficient (Wildman–Crippen LogP) is 3.54. The molecule has 0 saturated heterocycles. The molecule has 4 nitrogen and oxygen atoms in total. The van der Waals surface area contributed by atoms with Crippen molar-refractivity contribution in [1.82, 2.24) is 0 Å². The van der Waals surface area contributed by atoms with Crippen LogP contribution in [0.25, 0.3) is 0 Å². The molecule has 0 heterocycles. The molecule has 0 bridgehead atoms. The molecule has 0 aliphatic heterocycles. The van der Waals surface area contributed by atoms with Crippen molar-refractivity contribution in [3.8, 4) is 0 Å². The molecule has 0 amide bonds. The van der Waals surface area contributed by atoms with Gasteiger partial charge in [-0.25, -0.2) is 0 Å². The first kappa shape index (κ1) is 16.3. The lowest BCUT2D eigenvalue weighted by Crippen LogP contribution is -2.14. The number of carbonyl (C=O) groups excluding carboxylic acids is 1. The quantitative estimate of drug-likeness (QED) is 0.840. The van der Waals surface area contributed by atoms with Crippen molar-refractivity contribution in [2.45, 2.75) is 25.7 Å². The maximum Gasteiger partial charge on any atom is 0.283 e. The maximum absolute atomic E-state index is 12.8. The van der Waals surface area contributed by atoms with Crippen LogP contribution in [0.4, 0.5) is 0 Å². The van der Waals surface area contributed by atoms with Gasteiger partial charge in [0.15, 0.2) is 5.78 Å². The summed E-state index contributed by atoms with van der Waals surface area (Å²) in [7, 11) is -3.87. The van der Waals surface area contributed by atoms with Crippen LogP contribution >= 0.6 is 0 Å². The normalized spacial score (nSPS) is 15.6. The van der Waals surface area contributed by atoms with Gasteiger partial charge >= 0.3 is 0 Å². The van der Waals surface area contributed by atoms with Crippen LogP contribution in [0, 0.1) is 20.8 Å². The highest BCUT2D eigenvalue weighted by Crippen LogP contribution is 2.25. The molecule has 2 aromatic carbocycles. The molecular formula is C19H17NO3S. The highest BCUT2D eigenvalue weighted by atomic mass is 32.2. The number of rotatable bonds is 2. The smallest absolute Gasteiger partial charge is 0.283 e. The first-order valence-corrected chi connectivity index (χ1v) is 8.98. The van der Waals surface area contributed by atoms with E-state index in [1.54, 1.807) is 38.1 Å². The van der Waals surface area contributed by atoms with Gasteiger partial charge in [-0.3, -0.25) is 4.79 Å². The zero-order valence-electron chi connectivity index (χ0n) is 13.7. The van der Waals surface area contributed by atoms with Gasteiger partial charge in [-0.05, 0) is 44.1 Å². The van der Waals surface area contributed by atoms with E-state index in [0.717, 1.165) is 5.56 Å². The average molecular weight is 339 g/mol. The van der Waals surface area contributed by atoms with E-state index in [1.807, 2.05) is 19.1 Å². The van der Waals surface area contributed by atoms with Gasteiger partial charge in [0.2, 0.25) is 0 Å². The Kier molecular flexibility index (Phi) is 3.97. The number of aryl methyl sites for hydroxylation is 3. The molecule has 0 spiro atoms. The molecule has 24 heavy (non-hydrogen) atoms. The fraction of sp³-hybridized carbons (Fsp3) is 0.158. The molecule has 0 radical (unpaired) electrons. The van der Waals surface area contributed by atoms with Gasteiger partial charge < -0.3 is 0 Å². The fourth-order valence-electron chi connectivity index (χ4n) is 3.08. The van der Waals surface area contributed by atoms with E-state index >= 15 is 0 Å². The number of benzene rings is 2. The molecule has 2 aromatic rings. The van der Waals surface area contributed by atoms with E-state index in [4.69, 9.17) is 0 Å². The summed E-state index contributed by atoms with van der Waals surface area (Å²) >= 11 is 0. The van der Waals surface area contributed by atoms with Crippen molar-refractivity contribution in [2.24, 2.45) is 4.40 Å². The van der Waals surface area contributed by atoms with E-state index < -0.39 is 10.0 Å². The summed E-state index contributed by atoms with van der Waals surface area (Å²) in [5, 5.41) is 0. The van der Waals surface area contributed by atoms with Crippen molar-refractivity contribution in [2.75, 3.05) is 0 Å². The van der Waals surface area contributed by atoms with Crippen molar-refractivity contribution < 1.29 is 13.2 Å². The Hall–Kier alpha value is -2.53. The molecule has 0 unspecified atom stereocenters. The minimum absolute atomic E-state index is 0.148. The third kappa shape index (κ3) is 2.83. The highest BCUT2D eigenvalue weighted by Gasteiger charge is 2.23. The van der Waals surface area contributed by atoms with E-state index in [2.05, 4.69) is 4.40 Å². The van der Waals surface area contributed by atoms with Gasteiger partial charge in [0.05, 0.1) is 10.6 Å². The second-order valence-electron chi connectivity index (χ2n) is 5.92. The van der Waals surface area contributed by atoms with E-state index in [0.29, 0.717) is 22.3 Å². The Bertz CT molecular complexity index is 992. The molecule has 1 aliphatic rings. The van der Waals surface area contributed by atoms with E-state index in [1.165, 1.54) is 12.2 Å². The third-order valence-corrected chi connectivity index (χ3v) is 5.54. The van der Waals surface area contributed by atoms with E-state index in [9.17, 15) is 13.2 Å². The standard InChI is InChI=1S/C19H17NO3S/c1-12-10-13(2)19(14(3)11-12)24(22,23)20-17-8-9-18(21)16-7-5-4-6-15(16)17/h4-11H,1-3H3/b20-17+. The maximum atomic E-state index is 12.8. The molecule has 1 aliphatic carbocycles. The Labute approximate surface area is 141 Å². The predicted molar refractivity (Wildman–Crippen MR) is 94.3 cm³/mol. The average Bonchev–Trinajstić information content (AvgIpc) is 2.49. The Morgan fingerprint density at radius 2 is 1.46 bits per heavy atom. The number of ketones is 1. The summed E-state index contributed by atoms with van der Waals surface area (Å²) in [5.41, 5.74) is 3.62. The third-order valence-electron chi connectivity index (χ3n) is 3.94. The lowest BCUT2D eigenvalue weighted by molar-refractivity contribution is 0.104. The molecular weight excluding hydrogens is 322 g/mol. The number of hydrogen-bond donors (Lipinski definition) is 0. The Morgan fingerprint density at radius 1 is 0.875 bits per heavy atom. The van der Waals surface area contributed by atoms with Gasteiger partial charge in [-0.15, -0.1) is 0 Å². The second-order valence-corrected chi connectivity index (χ2v) is 7.46. The summed E-state index contributed by atoms with van der Waals surface area (Å²) in [6.45, 7) is 5.45. The van der Waals surface area contributed by atoms with Gasteiger partial charge in [0.1, 0.15) is 0 Å². The van der Waals surface area contributed by atoms with E-state index in [-0.39, 0.29) is 16.4 Å². The summed E-state index contributed by atoms with van der Waals surface area (Å²) in [4.78, 5) is 12.1. The number of sulfonamides is 1. The Balaban J connectivity index is 2.19. The molecule has 0 saturated carbocycles. The number of allylic oxidation sites excluding steroid dienone is 2. The van der Waals surface area contributed by atoms with Crippen LogP contribution in [0.5, 0.6) is 0 Å². The zero-order chi connectivity index (χ0) is 17.5. The molecule has 122 valence electrons. The van der Waals surface area contributed by atoms with Gasteiger partial charge in [0, 0.05) is 11.1 Å². The van der Waals surface area contributed by atoms with Gasteiger partial charge in [0.25, 0.3) is 10.0 Å². The first-order chi connectivity index (χ1) is 11.3. The van der Waals surface area contributed by atoms with Crippen LogP contribution in [0.3, 0.4) is 0 Å². The fourth-order valence-corrected chi connectivity index (χ4v) is 4.52. The molecule has 3 rings (SSSR count). The van der Waals surface area contributed by atoms with Crippen LogP contribution in [0.1, 0.15) is 32.6 Å².